The second-order valence-corrected chi connectivity index (χ2v) is 11.4. The highest BCUT2D eigenvalue weighted by Crippen LogP contribution is 2.65. The first-order valence-corrected chi connectivity index (χ1v) is 10.3. The molecule has 0 aromatic rings. The molecule has 1 N–H and O–H groups in total. The molecule has 7 nitrogen and oxygen atoms in total. The number of ether oxygens (including phenoxy) is 3. The lowest BCUT2D eigenvalue weighted by atomic mass is 9.87. The number of amides is 1. The number of hydrogen-bond acceptors (Lipinski definition) is 6. The van der Waals surface area contributed by atoms with Gasteiger partial charge in [0.25, 0.3) is 0 Å². The smallest absolute Gasteiger partial charge is 0.408 e. The van der Waals surface area contributed by atoms with E-state index in [1.165, 1.54) is 0 Å². The van der Waals surface area contributed by atoms with Crippen LogP contribution in [0.2, 0.25) is 0 Å². The van der Waals surface area contributed by atoms with E-state index in [9.17, 15) is 14.4 Å². The minimum Gasteiger partial charge on any atom is -0.460 e. The van der Waals surface area contributed by atoms with E-state index in [-0.39, 0.29) is 23.7 Å². The van der Waals surface area contributed by atoms with E-state index in [1.807, 2.05) is 27.7 Å². The number of rotatable bonds is 3. The highest BCUT2D eigenvalue weighted by molar-refractivity contribution is 5.91. The van der Waals surface area contributed by atoms with Gasteiger partial charge in [0, 0.05) is 5.92 Å². The molecule has 2 rings (SSSR count). The van der Waals surface area contributed by atoms with Gasteiger partial charge in [-0.15, -0.1) is 0 Å². The summed E-state index contributed by atoms with van der Waals surface area (Å²) in [7, 11) is 0. The Hall–Kier alpha value is -1.79. The summed E-state index contributed by atoms with van der Waals surface area (Å²) in [5.41, 5.74) is -3.36. The molecule has 0 aromatic heterocycles. The zero-order valence-electron chi connectivity index (χ0n) is 19.5. The van der Waals surface area contributed by atoms with E-state index in [0.29, 0.717) is 6.42 Å². The van der Waals surface area contributed by atoms with Crippen molar-refractivity contribution in [1.82, 2.24) is 5.32 Å². The van der Waals surface area contributed by atoms with Crippen LogP contribution in [0.15, 0.2) is 0 Å². The van der Waals surface area contributed by atoms with E-state index in [2.05, 4.69) is 5.32 Å². The van der Waals surface area contributed by atoms with Crippen LogP contribution in [0.25, 0.3) is 0 Å². The molecule has 0 aliphatic heterocycles. The SMILES string of the molecule is C[C@@H]1C[C@@](NC(=O)OC(C)(C)C)(C(=O)OC(C)(C)C)[C@@H]2[C@@H](C(=O)OC(C)(C)C)[C@@H]21. The van der Waals surface area contributed by atoms with Crippen molar-refractivity contribution in [3.05, 3.63) is 0 Å². The molecular weight excluding hydrogens is 374 g/mol. The maximum atomic E-state index is 13.3. The molecule has 0 spiro atoms. The molecule has 0 saturated heterocycles. The predicted molar refractivity (Wildman–Crippen MR) is 108 cm³/mol. The Morgan fingerprint density at radius 2 is 1.31 bits per heavy atom. The van der Waals surface area contributed by atoms with Crippen LogP contribution in [0.4, 0.5) is 4.79 Å². The second-order valence-electron chi connectivity index (χ2n) is 11.4. The maximum Gasteiger partial charge on any atom is 0.408 e. The van der Waals surface area contributed by atoms with Crippen molar-refractivity contribution < 1.29 is 28.6 Å². The van der Waals surface area contributed by atoms with Crippen LogP contribution in [0.3, 0.4) is 0 Å². The maximum absolute atomic E-state index is 13.3. The zero-order valence-corrected chi connectivity index (χ0v) is 19.5. The topological polar surface area (TPSA) is 90.9 Å². The molecule has 0 radical (unpaired) electrons. The van der Waals surface area contributed by atoms with Crippen molar-refractivity contribution >= 4 is 18.0 Å². The second kappa shape index (κ2) is 7.17. The Morgan fingerprint density at radius 3 is 1.76 bits per heavy atom. The van der Waals surface area contributed by atoms with Crippen LogP contribution in [0.5, 0.6) is 0 Å². The van der Waals surface area contributed by atoms with E-state index in [1.54, 1.807) is 41.5 Å². The number of esters is 2. The quantitative estimate of drug-likeness (QED) is 0.560. The summed E-state index contributed by atoms with van der Waals surface area (Å²) in [5, 5.41) is 2.80. The Bertz CT molecular complexity index is 681. The first kappa shape index (κ1) is 23.5. The first-order chi connectivity index (χ1) is 12.9. The number of carbonyl (C=O) groups is 3. The summed E-state index contributed by atoms with van der Waals surface area (Å²) in [5.74, 6) is -1.65. The van der Waals surface area contributed by atoms with E-state index < -0.39 is 40.3 Å². The molecule has 1 amide bonds. The fourth-order valence-electron chi connectivity index (χ4n) is 4.39. The minimum absolute atomic E-state index is 0.0349. The van der Waals surface area contributed by atoms with E-state index in [4.69, 9.17) is 14.2 Å². The van der Waals surface area contributed by atoms with Crippen LogP contribution < -0.4 is 5.32 Å². The number of fused-ring (bicyclic) bond motifs is 1. The molecule has 2 aliphatic rings. The summed E-state index contributed by atoms with van der Waals surface area (Å²) < 4.78 is 16.6. The number of nitrogens with one attached hydrogen (secondary N) is 1. The van der Waals surface area contributed by atoms with Gasteiger partial charge < -0.3 is 19.5 Å². The Kier molecular flexibility index (Phi) is 5.80. The molecule has 0 unspecified atom stereocenters. The van der Waals surface area contributed by atoms with Gasteiger partial charge in [-0.3, -0.25) is 4.79 Å². The molecule has 0 aromatic carbocycles. The molecule has 2 aliphatic carbocycles. The van der Waals surface area contributed by atoms with Gasteiger partial charge in [-0.05, 0) is 80.6 Å². The number of hydrogen-bond donors (Lipinski definition) is 1. The lowest BCUT2D eigenvalue weighted by molar-refractivity contribution is -0.166. The van der Waals surface area contributed by atoms with Crippen LogP contribution in [-0.2, 0) is 23.8 Å². The van der Waals surface area contributed by atoms with Crippen molar-refractivity contribution in [1.29, 1.82) is 0 Å². The van der Waals surface area contributed by atoms with Crippen LogP contribution >= 0.6 is 0 Å². The third-order valence-electron chi connectivity index (χ3n) is 5.11. The van der Waals surface area contributed by atoms with Crippen molar-refractivity contribution in [2.24, 2.45) is 23.7 Å². The molecule has 5 atom stereocenters. The van der Waals surface area contributed by atoms with Crippen LogP contribution in [-0.4, -0.2) is 40.4 Å². The molecule has 2 fully saturated rings. The van der Waals surface area contributed by atoms with Gasteiger partial charge in [0.05, 0.1) is 5.92 Å². The standard InChI is InChI=1S/C22H37NO6/c1-12-11-22(17(25)28-20(5,6)7,23-18(26)29-21(8,9)10)15-13(12)14(15)16(24)27-19(2,3)4/h12-15H,11H2,1-10H3,(H,23,26)/t12-,13+,14+,15+,22+/m1/s1. The van der Waals surface area contributed by atoms with Crippen LogP contribution in [0.1, 0.15) is 75.7 Å². The monoisotopic (exact) mass is 411 g/mol. The largest absolute Gasteiger partial charge is 0.460 e. The number of alkyl carbamates (subject to hydrolysis) is 1. The van der Waals surface area contributed by atoms with Gasteiger partial charge in [0.1, 0.15) is 22.3 Å². The molecular formula is C22H37NO6. The molecule has 29 heavy (non-hydrogen) atoms. The third-order valence-corrected chi connectivity index (χ3v) is 5.11. The molecule has 166 valence electrons. The Morgan fingerprint density at radius 1 is 0.828 bits per heavy atom. The summed E-state index contributed by atoms with van der Waals surface area (Å²) in [4.78, 5) is 38.7. The molecule has 2 saturated carbocycles. The van der Waals surface area contributed by atoms with Gasteiger partial charge >= 0.3 is 18.0 Å². The van der Waals surface area contributed by atoms with Crippen molar-refractivity contribution in [3.63, 3.8) is 0 Å². The van der Waals surface area contributed by atoms with E-state index in [0.717, 1.165) is 0 Å². The fourth-order valence-corrected chi connectivity index (χ4v) is 4.39. The minimum atomic E-state index is -1.30. The predicted octanol–water partition coefficient (Wildman–Crippen LogP) is 3.84. The lowest BCUT2D eigenvalue weighted by Crippen LogP contribution is -2.59. The lowest BCUT2D eigenvalue weighted by Gasteiger charge is -2.35. The van der Waals surface area contributed by atoms with Gasteiger partial charge in [0.2, 0.25) is 0 Å². The highest BCUT2D eigenvalue weighted by Gasteiger charge is 2.75. The van der Waals surface area contributed by atoms with Gasteiger partial charge in [-0.2, -0.15) is 0 Å². The Balaban J connectivity index is 2.34. The average Bonchev–Trinajstić information content (AvgIpc) is 3.10. The average molecular weight is 412 g/mol. The van der Waals surface area contributed by atoms with Gasteiger partial charge in [-0.1, -0.05) is 6.92 Å². The zero-order chi connectivity index (χ0) is 22.6. The van der Waals surface area contributed by atoms with Crippen LogP contribution in [0, 0.1) is 23.7 Å². The molecule has 0 heterocycles. The van der Waals surface area contributed by atoms with E-state index >= 15 is 0 Å². The van der Waals surface area contributed by atoms with Crippen molar-refractivity contribution in [2.45, 2.75) is 98.0 Å². The summed E-state index contributed by atoms with van der Waals surface area (Å²) >= 11 is 0. The normalized spacial score (nSPS) is 31.5. The summed E-state index contributed by atoms with van der Waals surface area (Å²) in [6, 6.07) is 0. The van der Waals surface area contributed by atoms with Crippen molar-refractivity contribution in [3.8, 4) is 0 Å². The first-order valence-electron chi connectivity index (χ1n) is 10.3. The fraction of sp³-hybridized carbons (Fsp3) is 0.864. The Labute approximate surface area is 174 Å². The molecule has 0 bridgehead atoms. The number of carbonyl (C=O) groups excluding carboxylic acids is 3. The summed E-state index contributed by atoms with van der Waals surface area (Å²) in [6.07, 6.45) is -0.290. The highest BCUT2D eigenvalue weighted by atomic mass is 16.6. The molecule has 7 heteroatoms. The van der Waals surface area contributed by atoms with Crippen molar-refractivity contribution in [2.75, 3.05) is 0 Å². The van der Waals surface area contributed by atoms with Gasteiger partial charge in [0.15, 0.2) is 0 Å². The summed E-state index contributed by atoms with van der Waals surface area (Å²) in [6.45, 7) is 18.0. The third kappa shape index (κ3) is 5.43. The van der Waals surface area contributed by atoms with Gasteiger partial charge in [-0.25, -0.2) is 9.59 Å².